The van der Waals surface area contributed by atoms with Gasteiger partial charge in [-0.15, -0.1) is 22.8 Å². The molecule has 0 atom stereocenters. The van der Waals surface area contributed by atoms with E-state index in [0.29, 0.717) is 0 Å². The van der Waals surface area contributed by atoms with Crippen molar-refractivity contribution in [3.05, 3.63) is 22.8 Å². The molecule has 0 unspecified atom stereocenters. The normalized spacial score (nSPS) is 18.7. The predicted octanol–water partition coefficient (Wildman–Crippen LogP) is 0.351. The highest BCUT2D eigenvalue weighted by molar-refractivity contribution is 6.60. The molecule has 0 spiro atoms. The van der Waals surface area contributed by atoms with Crippen molar-refractivity contribution in [3.63, 3.8) is 0 Å². The molecule has 0 N–H and O–H groups in total. The van der Waals surface area contributed by atoms with Crippen LogP contribution < -0.4 is 0 Å². The van der Waals surface area contributed by atoms with Gasteiger partial charge in [-0.3, -0.25) is 0 Å². The summed E-state index contributed by atoms with van der Waals surface area (Å²) in [5.41, 5.74) is 8.88. The summed E-state index contributed by atoms with van der Waals surface area (Å²) in [5.74, 6) is 0. The molecule has 6 heavy (non-hydrogen) atoms. The van der Waals surface area contributed by atoms with E-state index in [4.69, 9.17) is 0 Å². The maximum absolute atomic E-state index is 2.22. The summed E-state index contributed by atoms with van der Waals surface area (Å²) in [6.07, 6.45) is 0. The Morgan fingerprint density at radius 3 is 1.17 bits per heavy atom. The van der Waals surface area contributed by atoms with Gasteiger partial charge in [0, 0.05) is 0 Å². The fraction of sp³-hybridized carbons (Fsp3) is 0. The van der Waals surface area contributed by atoms with E-state index in [1.165, 1.54) is 0 Å². The van der Waals surface area contributed by atoms with Crippen LogP contribution in [0, 0.1) is 0 Å². The van der Waals surface area contributed by atoms with E-state index < -0.39 is 0 Å². The Kier molecular flexibility index (Phi) is 1.46. The van der Waals surface area contributed by atoms with Gasteiger partial charge in [0.05, 0.1) is 19.0 Å². The first kappa shape index (κ1) is 4.08. The zero-order chi connectivity index (χ0) is 4.24. The largest absolute Gasteiger partial charge is 0.102 e. The Balaban J connectivity index is 2.40. The molecule has 0 bridgehead atoms. The lowest BCUT2D eigenvalue weighted by Crippen LogP contribution is -1.88. The third-order valence-corrected chi connectivity index (χ3v) is 2.65. The van der Waals surface area contributed by atoms with Gasteiger partial charge in [0.25, 0.3) is 0 Å². The standard InChI is InChI=1S/C4H4Si2/c1-2-6-4-3-5-1/h1-4H. The van der Waals surface area contributed by atoms with Gasteiger partial charge in [0.1, 0.15) is 0 Å². The van der Waals surface area contributed by atoms with Crippen LogP contribution in [0.25, 0.3) is 0 Å². The fourth-order valence-corrected chi connectivity index (χ4v) is 2.07. The molecule has 0 aliphatic carbocycles. The molecule has 4 radical (unpaired) electrons. The third-order valence-electron chi connectivity index (χ3n) is 0.552. The molecule has 0 aromatic rings. The van der Waals surface area contributed by atoms with E-state index in [0.717, 1.165) is 19.0 Å². The van der Waals surface area contributed by atoms with Crippen LogP contribution in [0.1, 0.15) is 0 Å². The second-order valence-corrected chi connectivity index (χ2v) is 3.00. The van der Waals surface area contributed by atoms with Crippen LogP contribution in [0.2, 0.25) is 0 Å². The maximum atomic E-state index is 2.22. The highest BCUT2D eigenvalue weighted by atomic mass is 28.2. The van der Waals surface area contributed by atoms with Crippen molar-refractivity contribution < 1.29 is 0 Å². The van der Waals surface area contributed by atoms with Crippen LogP contribution in [0.5, 0.6) is 0 Å². The molecule has 0 aromatic carbocycles. The number of hydrogen-bond donors (Lipinski definition) is 0. The van der Waals surface area contributed by atoms with Crippen LogP contribution in [-0.4, -0.2) is 19.0 Å². The number of rotatable bonds is 0. The van der Waals surface area contributed by atoms with Gasteiger partial charge in [0.2, 0.25) is 0 Å². The molecule has 0 aromatic heterocycles. The molecule has 0 nitrogen and oxygen atoms in total. The molecule has 0 saturated carbocycles. The van der Waals surface area contributed by atoms with Crippen molar-refractivity contribution >= 4 is 19.0 Å². The average molecular weight is 108 g/mol. The van der Waals surface area contributed by atoms with Gasteiger partial charge in [-0.25, -0.2) is 0 Å². The van der Waals surface area contributed by atoms with Crippen LogP contribution in [0.15, 0.2) is 22.8 Å². The van der Waals surface area contributed by atoms with Crippen LogP contribution in [0.4, 0.5) is 0 Å². The van der Waals surface area contributed by atoms with E-state index in [1.54, 1.807) is 0 Å². The van der Waals surface area contributed by atoms with E-state index in [-0.39, 0.29) is 0 Å². The van der Waals surface area contributed by atoms with Crippen molar-refractivity contribution in [1.29, 1.82) is 0 Å². The van der Waals surface area contributed by atoms with E-state index in [1.807, 2.05) is 0 Å². The van der Waals surface area contributed by atoms with Gasteiger partial charge < -0.3 is 0 Å². The molecule has 2 heteroatoms. The second kappa shape index (κ2) is 2.15. The number of hydrogen-bond acceptors (Lipinski definition) is 0. The second-order valence-electron chi connectivity index (χ2n) is 1.00. The van der Waals surface area contributed by atoms with Gasteiger partial charge in [-0.1, -0.05) is 0 Å². The summed E-state index contributed by atoms with van der Waals surface area (Å²) in [6.45, 7) is 0. The van der Waals surface area contributed by atoms with Crippen LogP contribution >= 0.6 is 0 Å². The summed E-state index contributed by atoms with van der Waals surface area (Å²) in [5, 5.41) is 0. The Hall–Kier alpha value is -0.0862. The van der Waals surface area contributed by atoms with E-state index in [2.05, 4.69) is 22.8 Å². The van der Waals surface area contributed by atoms with Gasteiger partial charge in [-0.05, 0) is 0 Å². The zero-order valence-electron chi connectivity index (χ0n) is 3.31. The Morgan fingerprint density at radius 2 is 1.00 bits per heavy atom. The lowest BCUT2D eigenvalue weighted by atomic mass is 11.2. The van der Waals surface area contributed by atoms with Gasteiger partial charge >= 0.3 is 0 Å². The SMILES string of the molecule is C1=C[Si]C=C[Si]1. The molecule has 0 amide bonds. The molecule has 0 fully saturated rings. The molecule has 0 saturated heterocycles. The summed E-state index contributed by atoms with van der Waals surface area (Å²) in [7, 11) is 1.90. The quantitative estimate of drug-likeness (QED) is 0.393. The fourth-order valence-electron chi connectivity index (χ4n) is 0.304. The van der Waals surface area contributed by atoms with Crippen LogP contribution in [-0.2, 0) is 0 Å². The van der Waals surface area contributed by atoms with E-state index in [9.17, 15) is 0 Å². The first-order valence-corrected chi connectivity index (χ1v) is 4.13. The van der Waals surface area contributed by atoms with Gasteiger partial charge in [-0.2, -0.15) is 0 Å². The minimum absolute atomic E-state index is 0.948. The smallest absolute Gasteiger partial charge is 0.0994 e. The first-order valence-electron chi connectivity index (χ1n) is 1.82. The Morgan fingerprint density at radius 1 is 0.667 bits per heavy atom. The topological polar surface area (TPSA) is 0 Å². The van der Waals surface area contributed by atoms with Crippen molar-refractivity contribution in [1.82, 2.24) is 0 Å². The van der Waals surface area contributed by atoms with Crippen molar-refractivity contribution in [2.24, 2.45) is 0 Å². The summed E-state index contributed by atoms with van der Waals surface area (Å²) < 4.78 is 0. The Labute approximate surface area is 42.6 Å². The lowest BCUT2D eigenvalue weighted by Gasteiger charge is -1.84. The maximum Gasteiger partial charge on any atom is 0.0994 e. The minimum Gasteiger partial charge on any atom is -0.102 e. The molecule has 1 heterocycles. The van der Waals surface area contributed by atoms with E-state index >= 15 is 0 Å². The zero-order valence-corrected chi connectivity index (χ0v) is 5.31. The average Bonchev–Trinajstić information content (AvgIpc) is 1.72. The molecule has 1 aliphatic heterocycles. The Bertz CT molecular complexity index is 63.5. The molecule has 28 valence electrons. The first-order chi connectivity index (χ1) is 3.00. The molecule has 1 aliphatic rings. The lowest BCUT2D eigenvalue weighted by molar-refractivity contribution is 2.24. The highest BCUT2D eigenvalue weighted by Crippen LogP contribution is 1.79. The van der Waals surface area contributed by atoms with Crippen LogP contribution in [0.3, 0.4) is 0 Å². The molecule has 1 rings (SSSR count). The third kappa shape index (κ3) is 0.950. The minimum atomic E-state index is 0.948. The highest BCUT2D eigenvalue weighted by Gasteiger charge is 1.79. The monoisotopic (exact) mass is 108 g/mol. The summed E-state index contributed by atoms with van der Waals surface area (Å²) in [6, 6.07) is 0. The predicted molar refractivity (Wildman–Crippen MR) is 29.8 cm³/mol. The van der Waals surface area contributed by atoms with Gasteiger partial charge in [0.15, 0.2) is 0 Å². The van der Waals surface area contributed by atoms with Crippen molar-refractivity contribution in [2.75, 3.05) is 0 Å². The summed E-state index contributed by atoms with van der Waals surface area (Å²) >= 11 is 0. The molecular weight excluding hydrogens is 104 g/mol. The molecular formula is C4H4Si2. The van der Waals surface area contributed by atoms with Crippen molar-refractivity contribution in [3.8, 4) is 0 Å². The van der Waals surface area contributed by atoms with Crippen molar-refractivity contribution in [2.45, 2.75) is 0 Å². The summed E-state index contributed by atoms with van der Waals surface area (Å²) in [4.78, 5) is 0.